The molecular weight excluding hydrogens is 314 g/mol. The third kappa shape index (κ3) is 4.76. The third-order valence-corrected chi connectivity index (χ3v) is 6.21. The van der Waals surface area contributed by atoms with E-state index in [-0.39, 0.29) is 23.7 Å². The van der Waals surface area contributed by atoms with Crippen molar-refractivity contribution in [3.63, 3.8) is 0 Å². The molecule has 1 aromatic carbocycles. The second-order valence-corrected chi connectivity index (χ2v) is 8.02. The summed E-state index contributed by atoms with van der Waals surface area (Å²) in [5.41, 5.74) is 6.02. The van der Waals surface area contributed by atoms with Crippen LogP contribution >= 0.6 is 0 Å². The van der Waals surface area contributed by atoms with Crippen molar-refractivity contribution in [2.24, 2.45) is 5.73 Å². The lowest BCUT2D eigenvalue weighted by Crippen LogP contribution is -2.51. The highest BCUT2D eigenvalue weighted by atomic mass is 32.2. The predicted molar refractivity (Wildman–Crippen MR) is 90.6 cm³/mol. The minimum Gasteiger partial charge on any atom is -0.349 e. The Bertz CT molecular complexity index is 619. The van der Waals surface area contributed by atoms with Crippen molar-refractivity contribution in [3.05, 3.63) is 35.9 Å². The Labute approximate surface area is 138 Å². The van der Waals surface area contributed by atoms with Crippen molar-refractivity contribution in [1.82, 2.24) is 9.62 Å². The largest absolute Gasteiger partial charge is 0.349 e. The quantitative estimate of drug-likeness (QED) is 0.807. The van der Waals surface area contributed by atoms with Gasteiger partial charge in [0.15, 0.2) is 0 Å². The number of piperidine rings is 1. The first-order valence-corrected chi connectivity index (χ1v) is 9.60. The number of benzene rings is 1. The lowest BCUT2D eigenvalue weighted by molar-refractivity contribution is 0.0914. The van der Waals surface area contributed by atoms with Crippen LogP contribution in [0, 0.1) is 0 Å². The molecule has 1 amide bonds. The molecule has 23 heavy (non-hydrogen) atoms. The van der Waals surface area contributed by atoms with Crippen molar-refractivity contribution < 1.29 is 13.2 Å². The Morgan fingerprint density at radius 2 is 2.04 bits per heavy atom. The van der Waals surface area contributed by atoms with Crippen LogP contribution in [0.15, 0.2) is 30.3 Å². The van der Waals surface area contributed by atoms with E-state index in [9.17, 15) is 13.2 Å². The van der Waals surface area contributed by atoms with Crippen LogP contribution in [0.3, 0.4) is 0 Å². The summed E-state index contributed by atoms with van der Waals surface area (Å²) >= 11 is 0. The molecule has 1 aromatic rings. The normalized spacial score (nSPS) is 22.7. The number of nitrogens with one attached hydrogen (secondary N) is 1. The van der Waals surface area contributed by atoms with Crippen molar-refractivity contribution >= 4 is 15.9 Å². The van der Waals surface area contributed by atoms with Gasteiger partial charge in [-0.15, -0.1) is 0 Å². The van der Waals surface area contributed by atoms with Crippen LogP contribution in [0.4, 0.5) is 0 Å². The van der Waals surface area contributed by atoms with Gasteiger partial charge in [-0.2, -0.15) is 4.31 Å². The second-order valence-electron chi connectivity index (χ2n) is 5.98. The summed E-state index contributed by atoms with van der Waals surface area (Å²) in [6.45, 7) is 2.70. The molecule has 128 valence electrons. The summed E-state index contributed by atoms with van der Waals surface area (Å²) in [6, 6.07) is 8.93. The van der Waals surface area contributed by atoms with Crippen LogP contribution in [0.5, 0.6) is 0 Å². The molecule has 2 atom stereocenters. The predicted octanol–water partition coefficient (Wildman–Crippen LogP) is 0.948. The molecular formula is C16H25N3O3S. The number of sulfonamides is 1. The van der Waals surface area contributed by atoms with Gasteiger partial charge in [-0.25, -0.2) is 8.42 Å². The first-order valence-electron chi connectivity index (χ1n) is 7.99. The molecule has 1 fully saturated rings. The van der Waals surface area contributed by atoms with Crippen molar-refractivity contribution in [1.29, 1.82) is 0 Å². The molecule has 0 radical (unpaired) electrons. The molecule has 3 N–H and O–H groups in total. The fourth-order valence-corrected chi connectivity index (χ4v) is 4.72. The molecule has 0 saturated carbocycles. The highest BCUT2D eigenvalue weighted by molar-refractivity contribution is 7.89. The average Bonchev–Trinajstić information content (AvgIpc) is 2.53. The van der Waals surface area contributed by atoms with Gasteiger partial charge in [0.05, 0.1) is 5.75 Å². The summed E-state index contributed by atoms with van der Waals surface area (Å²) in [4.78, 5) is 12.2. The number of carbonyl (C=O) groups excluding carboxylic acids is 1. The zero-order valence-corrected chi connectivity index (χ0v) is 14.3. The maximum atomic E-state index is 12.3. The van der Waals surface area contributed by atoms with Gasteiger partial charge in [0.25, 0.3) is 5.91 Å². The summed E-state index contributed by atoms with van der Waals surface area (Å²) in [5, 5.41) is 3.00. The summed E-state index contributed by atoms with van der Waals surface area (Å²) < 4.78 is 26.1. The van der Waals surface area contributed by atoms with Gasteiger partial charge in [-0.1, -0.05) is 18.2 Å². The van der Waals surface area contributed by atoms with E-state index in [2.05, 4.69) is 5.32 Å². The number of hydrogen-bond acceptors (Lipinski definition) is 4. The SMILES string of the molecule is C[C@H]1C[C@H](NC(=O)c2ccccc2)CCN1S(=O)(=O)CCCN. The zero-order valence-electron chi connectivity index (χ0n) is 13.4. The van der Waals surface area contributed by atoms with E-state index >= 15 is 0 Å². The number of amides is 1. The molecule has 0 unspecified atom stereocenters. The monoisotopic (exact) mass is 339 g/mol. The number of hydrogen-bond donors (Lipinski definition) is 2. The molecule has 1 aliphatic rings. The molecule has 7 heteroatoms. The highest BCUT2D eigenvalue weighted by Gasteiger charge is 2.33. The van der Waals surface area contributed by atoms with E-state index in [0.717, 1.165) is 0 Å². The molecule has 1 saturated heterocycles. The lowest BCUT2D eigenvalue weighted by atomic mass is 10.00. The minimum absolute atomic E-state index is 0.00124. The van der Waals surface area contributed by atoms with E-state index < -0.39 is 10.0 Å². The van der Waals surface area contributed by atoms with E-state index in [1.807, 2.05) is 25.1 Å². The van der Waals surface area contributed by atoms with Crippen LogP contribution in [-0.4, -0.2) is 49.6 Å². The van der Waals surface area contributed by atoms with Gasteiger partial charge >= 0.3 is 0 Å². The molecule has 0 bridgehead atoms. The van der Waals surface area contributed by atoms with Crippen LogP contribution in [0.25, 0.3) is 0 Å². The smallest absolute Gasteiger partial charge is 0.251 e. The summed E-state index contributed by atoms with van der Waals surface area (Å²) in [6.07, 6.45) is 1.73. The number of nitrogens with zero attached hydrogens (tertiary/aromatic N) is 1. The van der Waals surface area contributed by atoms with Crippen molar-refractivity contribution in [2.45, 2.75) is 38.3 Å². The fraction of sp³-hybridized carbons (Fsp3) is 0.562. The summed E-state index contributed by atoms with van der Waals surface area (Å²) in [5.74, 6) is -0.0169. The van der Waals surface area contributed by atoms with E-state index in [0.29, 0.717) is 37.9 Å². The number of rotatable bonds is 6. The molecule has 6 nitrogen and oxygen atoms in total. The minimum atomic E-state index is -3.26. The Hall–Kier alpha value is -1.44. The maximum absolute atomic E-state index is 12.3. The Morgan fingerprint density at radius 1 is 1.35 bits per heavy atom. The Morgan fingerprint density at radius 3 is 2.65 bits per heavy atom. The van der Waals surface area contributed by atoms with E-state index in [1.54, 1.807) is 16.4 Å². The van der Waals surface area contributed by atoms with Crippen LogP contribution in [-0.2, 0) is 10.0 Å². The highest BCUT2D eigenvalue weighted by Crippen LogP contribution is 2.21. The van der Waals surface area contributed by atoms with Gasteiger partial charge in [0, 0.05) is 24.2 Å². The van der Waals surface area contributed by atoms with Crippen LogP contribution < -0.4 is 11.1 Å². The van der Waals surface area contributed by atoms with Gasteiger partial charge in [-0.3, -0.25) is 4.79 Å². The summed E-state index contributed by atoms with van der Waals surface area (Å²) in [7, 11) is -3.26. The van der Waals surface area contributed by atoms with Gasteiger partial charge in [0.1, 0.15) is 0 Å². The van der Waals surface area contributed by atoms with Gasteiger partial charge in [0.2, 0.25) is 10.0 Å². The number of carbonyl (C=O) groups is 1. The van der Waals surface area contributed by atoms with E-state index in [1.165, 1.54) is 0 Å². The first-order chi connectivity index (χ1) is 10.9. The topological polar surface area (TPSA) is 92.5 Å². The van der Waals surface area contributed by atoms with Gasteiger partial charge in [-0.05, 0) is 44.9 Å². The molecule has 2 rings (SSSR count). The number of nitrogens with two attached hydrogens (primary N) is 1. The van der Waals surface area contributed by atoms with E-state index in [4.69, 9.17) is 5.73 Å². The first kappa shape index (κ1) is 17.9. The third-order valence-electron chi connectivity index (χ3n) is 4.15. The molecule has 1 aliphatic heterocycles. The van der Waals surface area contributed by atoms with Crippen LogP contribution in [0.1, 0.15) is 36.5 Å². The molecule has 0 spiro atoms. The fourth-order valence-electron chi connectivity index (χ4n) is 2.94. The standard InChI is InChI=1S/C16H25N3O3S/c1-13-12-15(18-16(20)14-6-3-2-4-7-14)8-10-19(13)23(21,22)11-5-9-17/h2-4,6-7,13,15H,5,8-12,17H2,1H3,(H,18,20)/t13-,15+/m0/s1. The molecule has 0 aliphatic carbocycles. The molecule has 1 heterocycles. The maximum Gasteiger partial charge on any atom is 0.251 e. The second kappa shape index (κ2) is 7.90. The van der Waals surface area contributed by atoms with Gasteiger partial charge < -0.3 is 11.1 Å². The average molecular weight is 339 g/mol. The Balaban J connectivity index is 1.92. The zero-order chi connectivity index (χ0) is 16.9. The van der Waals surface area contributed by atoms with Crippen LogP contribution in [0.2, 0.25) is 0 Å². The molecule has 0 aromatic heterocycles. The Kier molecular flexibility index (Phi) is 6.15. The lowest BCUT2D eigenvalue weighted by Gasteiger charge is -2.37. The van der Waals surface area contributed by atoms with Crippen molar-refractivity contribution in [2.75, 3.05) is 18.8 Å². The van der Waals surface area contributed by atoms with Crippen molar-refractivity contribution in [3.8, 4) is 0 Å².